The summed E-state index contributed by atoms with van der Waals surface area (Å²) >= 11 is 0. The Morgan fingerprint density at radius 2 is 2.14 bits per heavy atom. The maximum atomic E-state index is 13.2. The summed E-state index contributed by atoms with van der Waals surface area (Å²) in [7, 11) is 1.63. The maximum absolute atomic E-state index is 13.2. The third kappa shape index (κ3) is 4.13. The van der Waals surface area contributed by atoms with E-state index in [9.17, 15) is 4.79 Å². The van der Waals surface area contributed by atoms with E-state index < -0.39 is 0 Å². The lowest BCUT2D eigenvalue weighted by Crippen LogP contribution is -2.40. The maximum Gasteiger partial charge on any atom is 0.227 e. The number of likely N-dealkylation sites (tertiary alicyclic amines) is 1. The third-order valence-corrected chi connectivity index (χ3v) is 5.27. The molecule has 1 fully saturated rings. The molecule has 3 heterocycles. The average molecular weight is 391 g/mol. The largest absolute Gasteiger partial charge is 0.496 e. The van der Waals surface area contributed by atoms with E-state index in [4.69, 9.17) is 9.72 Å². The van der Waals surface area contributed by atoms with Gasteiger partial charge < -0.3 is 14.6 Å². The molecular formula is C22H25N5O2. The second-order valence-electron chi connectivity index (χ2n) is 7.28. The van der Waals surface area contributed by atoms with Crippen LogP contribution in [0.25, 0.3) is 11.5 Å². The first-order valence-electron chi connectivity index (χ1n) is 9.92. The number of carbonyl (C=O) groups excluding carboxylic acids is 1. The molecule has 3 aromatic rings. The number of aromatic amines is 1. The van der Waals surface area contributed by atoms with Gasteiger partial charge in [0, 0.05) is 30.2 Å². The number of imidazole rings is 1. The monoisotopic (exact) mass is 391 g/mol. The highest BCUT2D eigenvalue weighted by Crippen LogP contribution is 2.31. The van der Waals surface area contributed by atoms with Gasteiger partial charge in [0.1, 0.15) is 11.4 Å². The van der Waals surface area contributed by atoms with Crippen LogP contribution in [0.1, 0.15) is 42.4 Å². The van der Waals surface area contributed by atoms with E-state index in [0.29, 0.717) is 24.6 Å². The summed E-state index contributed by atoms with van der Waals surface area (Å²) in [5.74, 6) is 2.20. The quantitative estimate of drug-likeness (QED) is 0.720. The van der Waals surface area contributed by atoms with Crippen molar-refractivity contribution in [1.29, 1.82) is 0 Å². The topological polar surface area (TPSA) is 84.0 Å². The molecule has 0 unspecified atom stereocenters. The van der Waals surface area contributed by atoms with E-state index in [1.165, 1.54) is 0 Å². The summed E-state index contributed by atoms with van der Waals surface area (Å²) in [6.45, 7) is 2.66. The standard InChI is InChI=1S/C22H25N5O2/c1-15-13-17(21-23-10-11-24-21)26-22(25-15)18-8-5-6-12-27(18)20(28)14-16-7-3-4-9-19(16)29-2/h3-4,7,9-11,13,18H,5-6,8,12,14H2,1-2H3,(H,23,24)/t18-/m1/s1. The van der Waals surface area contributed by atoms with Crippen LogP contribution in [0.3, 0.4) is 0 Å². The second kappa shape index (κ2) is 8.43. The Balaban J connectivity index is 1.62. The van der Waals surface area contributed by atoms with Gasteiger partial charge in [0.15, 0.2) is 11.6 Å². The van der Waals surface area contributed by atoms with E-state index in [0.717, 1.165) is 42.0 Å². The van der Waals surface area contributed by atoms with Gasteiger partial charge in [-0.15, -0.1) is 0 Å². The Kier molecular flexibility index (Phi) is 5.55. The molecule has 2 aromatic heterocycles. The summed E-state index contributed by atoms with van der Waals surface area (Å²) in [6, 6.07) is 9.45. The van der Waals surface area contributed by atoms with Crippen LogP contribution in [0.4, 0.5) is 0 Å². The zero-order chi connectivity index (χ0) is 20.2. The number of H-pyrrole nitrogens is 1. The molecule has 1 atom stereocenters. The van der Waals surface area contributed by atoms with Crippen LogP contribution in [-0.4, -0.2) is 44.4 Å². The van der Waals surface area contributed by atoms with Gasteiger partial charge >= 0.3 is 0 Å². The molecule has 0 saturated carbocycles. The molecular weight excluding hydrogens is 366 g/mol. The number of aromatic nitrogens is 4. The number of benzene rings is 1. The number of carbonyl (C=O) groups is 1. The van der Waals surface area contributed by atoms with Crippen molar-refractivity contribution >= 4 is 5.91 Å². The van der Waals surface area contributed by atoms with E-state index in [1.54, 1.807) is 19.5 Å². The van der Waals surface area contributed by atoms with E-state index in [2.05, 4.69) is 15.0 Å². The highest BCUT2D eigenvalue weighted by atomic mass is 16.5. The molecule has 29 heavy (non-hydrogen) atoms. The second-order valence-corrected chi connectivity index (χ2v) is 7.28. The predicted molar refractivity (Wildman–Crippen MR) is 109 cm³/mol. The van der Waals surface area contributed by atoms with Crippen LogP contribution in [0.15, 0.2) is 42.7 Å². The zero-order valence-electron chi connectivity index (χ0n) is 16.8. The van der Waals surface area contributed by atoms with Crippen LogP contribution < -0.4 is 4.74 Å². The Labute approximate surface area is 170 Å². The number of para-hydroxylation sites is 1. The number of amides is 1. The van der Waals surface area contributed by atoms with Crippen molar-refractivity contribution in [3.8, 4) is 17.3 Å². The van der Waals surface area contributed by atoms with E-state index in [-0.39, 0.29) is 11.9 Å². The lowest BCUT2D eigenvalue weighted by atomic mass is 9.99. The van der Waals surface area contributed by atoms with Crippen molar-refractivity contribution in [2.24, 2.45) is 0 Å². The highest BCUT2D eigenvalue weighted by Gasteiger charge is 2.31. The number of ether oxygens (including phenoxy) is 1. The highest BCUT2D eigenvalue weighted by molar-refractivity contribution is 5.80. The third-order valence-electron chi connectivity index (χ3n) is 5.27. The van der Waals surface area contributed by atoms with Crippen molar-refractivity contribution in [3.05, 3.63) is 59.8 Å². The minimum Gasteiger partial charge on any atom is -0.496 e. The number of nitrogens with one attached hydrogen (secondary N) is 1. The Morgan fingerprint density at radius 1 is 1.28 bits per heavy atom. The number of rotatable bonds is 5. The van der Waals surface area contributed by atoms with Crippen molar-refractivity contribution in [2.45, 2.75) is 38.6 Å². The SMILES string of the molecule is COc1ccccc1CC(=O)N1CCCC[C@@H]1c1nc(C)cc(-c2ncc[nH]2)n1. The average Bonchev–Trinajstić information content (AvgIpc) is 3.29. The van der Waals surface area contributed by atoms with E-state index >= 15 is 0 Å². The summed E-state index contributed by atoms with van der Waals surface area (Å²) < 4.78 is 5.41. The first-order chi connectivity index (χ1) is 14.2. The number of hydrogen-bond acceptors (Lipinski definition) is 5. The van der Waals surface area contributed by atoms with Crippen LogP contribution >= 0.6 is 0 Å². The summed E-state index contributed by atoms with van der Waals surface area (Å²) in [4.78, 5) is 32.0. The molecule has 0 radical (unpaired) electrons. The summed E-state index contributed by atoms with van der Waals surface area (Å²) in [5.41, 5.74) is 2.51. The number of nitrogens with zero attached hydrogens (tertiary/aromatic N) is 4. The number of aryl methyl sites for hydroxylation is 1. The van der Waals surface area contributed by atoms with Gasteiger partial charge in [0.25, 0.3) is 0 Å². The van der Waals surface area contributed by atoms with Crippen LogP contribution in [-0.2, 0) is 11.2 Å². The summed E-state index contributed by atoms with van der Waals surface area (Å²) in [6.07, 6.45) is 6.68. The molecule has 0 spiro atoms. The number of hydrogen-bond donors (Lipinski definition) is 1. The van der Waals surface area contributed by atoms with Gasteiger partial charge in [-0.3, -0.25) is 4.79 Å². The van der Waals surface area contributed by atoms with Gasteiger partial charge in [0.05, 0.1) is 19.6 Å². The minimum atomic E-state index is -0.125. The molecule has 0 aliphatic carbocycles. The molecule has 4 rings (SSSR count). The van der Waals surface area contributed by atoms with Gasteiger partial charge in [0.2, 0.25) is 5.91 Å². The zero-order valence-corrected chi connectivity index (χ0v) is 16.8. The Bertz CT molecular complexity index is 987. The summed E-state index contributed by atoms with van der Waals surface area (Å²) in [5, 5.41) is 0. The van der Waals surface area contributed by atoms with Crippen LogP contribution in [0.2, 0.25) is 0 Å². The van der Waals surface area contributed by atoms with Crippen molar-refractivity contribution in [1.82, 2.24) is 24.8 Å². The van der Waals surface area contributed by atoms with Gasteiger partial charge in [-0.05, 0) is 38.3 Å². The molecule has 7 heteroatoms. The molecule has 150 valence electrons. The number of methoxy groups -OCH3 is 1. The van der Waals surface area contributed by atoms with Crippen LogP contribution in [0.5, 0.6) is 5.75 Å². The lowest BCUT2D eigenvalue weighted by molar-refractivity contribution is -0.134. The van der Waals surface area contributed by atoms with Gasteiger partial charge in [-0.25, -0.2) is 15.0 Å². The fraction of sp³-hybridized carbons (Fsp3) is 0.364. The smallest absolute Gasteiger partial charge is 0.227 e. The Hall–Kier alpha value is -3.22. The lowest BCUT2D eigenvalue weighted by Gasteiger charge is -2.35. The predicted octanol–water partition coefficient (Wildman–Crippen LogP) is 3.48. The molecule has 1 aliphatic heterocycles. The van der Waals surface area contributed by atoms with Crippen molar-refractivity contribution < 1.29 is 9.53 Å². The van der Waals surface area contributed by atoms with Gasteiger partial charge in [-0.2, -0.15) is 0 Å². The Morgan fingerprint density at radius 3 is 2.93 bits per heavy atom. The van der Waals surface area contributed by atoms with Crippen LogP contribution in [0, 0.1) is 6.92 Å². The molecule has 1 saturated heterocycles. The van der Waals surface area contributed by atoms with Crippen molar-refractivity contribution in [2.75, 3.05) is 13.7 Å². The molecule has 7 nitrogen and oxygen atoms in total. The minimum absolute atomic E-state index is 0.0730. The molecule has 1 N–H and O–H groups in total. The first-order valence-corrected chi connectivity index (χ1v) is 9.92. The van der Waals surface area contributed by atoms with Gasteiger partial charge in [-0.1, -0.05) is 18.2 Å². The van der Waals surface area contributed by atoms with E-state index in [1.807, 2.05) is 42.2 Å². The number of piperidine rings is 1. The fourth-order valence-electron chi connectivity index (χ4n) is 3.88. The molecule has 1 amide bonds. The molecule has 1 aromatic carbocycles. The molecule has 0 bridgehead atoms. The molecule has 1 aliphatic rings. The normalized spacial score (nSPS) is 16.6. The first kappa shape index (κ1) is 19.1. The fourth-order valence-corrected chi connectivity index (χ4v) is 3.88. The van der Waals surface area contributed by atoms with Crippen molar-refractivity contribution in [3.63, 3.8) is 0 Å².